The number of nitrogens with two attached hydrogens (primary N) is 1. The molecule has 1 aliphatic rings. The second-order valence-electron chi connectivity index (χ2n) is 5.08. The lowest BCUT2D eigenvalue weighted by molar-refractivity contribution is 0.0666. The molecule has 0 atom stereocenters. The Bertz CT molecular complexity index is 479. The van der Waals surface area contributed by atoms with E-state index in [4.69, 9.17) is 10.9 Å². The largest absolute Gasteiger partial charge is 0.409 e. The van der Waals surface area contributed by atoms with Gasteiger partial charge in [-0.3, -0.25) is 9.78 Å². The molecule has 0 unspecified atom stereocenters. The van der Waals surface area contributed by atoms with Crippen LogP contribution in [0.3, 0.4) is 0 Å². The normalized spacial score (nSPS) is 19.2. The lowest BCUT2D eigenvalue weighted by atomic mass is 9.79. The molecule has 0 aliphatic carbocycles. The minimum absolute atomic E-state index is 0.0188. The lowest BCUT2D eigenvalue weighted by Crippen LogP contribution is -2.47. The number of piperidine rings is 1. The second-order valence-corrected chi connectivity index (χ2v) is 5.08. The van der Waals surface area contributed by atoms with Crippen molar-refractivity contribution in [3.05, 3.63) is 30.1 Å². The van der Waals surface area contributed by atoms with Gasteiger partial charge in [0, 0.05) is 30.9 Å². The summed E-state index contributed by atoms with van der Waals surface area (Å²) in [6.45, 7) is 3.15. The number of pyridine rings is 1. The molecule has 1 aromatic heterocycles. The molecular weight excluding hydrogens is 244 g/mol. The van der Waals surface area contributed by atoms with E-state index < -0.39 is 0 Å². The van der Waals surface area contributed by atoms with Crippen LogP contribution in [0.2, 0.25) is 0 Å². The summed E-state index contributed by atoms with van der Waals surface area (Å²) in [5.74, 6) is 0.218. The van der Waals surface area contributed by atoms with Gasteiger partial charge in [-0.1, -0.05) is 12.1 Å². The van der Waals surface area contributed by atoms with Crippen LogP contribution in [0.1, 0.15) is 30.1 Å². The third-order valence-electron chi connectivity index (χ3n) is 3.79. The van der Waals surface area contributed by atoms with Crippen LogP contribution >= 0.6 is 0 Å². The van der Waals surface area contributed by atoms with Gasteiger partial charge in [0.25, 0.3) is 5.91 Å². The summed E-state index contributed by atoms with van der Waals surface area (Å²) in [6, 6.07) is 3.50. The number of amides is 1. The van der Waals surface area contributed by atoms with Crippen LogP contribution in [0.25, 0.3) is 0 Å². The van der Waals surface area contributed by atoms with Crippen LogP contribution in [0.15, 0.2) is 29.7 Å². The molecule has 6 heteroatoms. The van der Waals surface area contributed by atoms with Crippen LogP contribution in [-0.2, 0) is 0 Å². The Balaban J connectivity index is 2.03. The van der Waals surface area contributed by atoms with Gasteiger partial charge >= 0.3 is 0 Å². The molecule has 3 N–H and O–H groups in total. The van der Waals surface area contributed by atoms with Crippen LogP contribution in [0.5, 0.6) is 0 Å². The van der Waals surface area contributed by atoms with Gasteiger partial charge in [0.15, 0.2) is 0 Å². The average molecular weight is 262 g/mol. The topological polar surface area (TPSA) is 91.8 Å². The molecule has 1 amide bonds. The fourth-order valence-electron chi connectivity index (χ4n) is 2.25. The molecule has 1 saturated heterocycles. The zero-order valence-electron chi connectivity index (χ0n) is 10.9. The number of aromatic nitrogens is 1. The van der Waals surface area contributed by atoms with Gasteiger partial charge in [-0.2, -0.15) is 0 Å². The molecule has 0 saturated carbocycles. The smallest absolute Gasteiger partial charge is 0.255 e. The predicted molar refractivity (Wildman–Crippen MR) is 70.9 cm³/mol. The van der Waals surface area contributed by atoms with E-state index in [9.17, 15) is 4.79 Å². The molecule has 19 heavy (non-hydrogen) atoms. The summed E-state index contributed by atoms with van der Waals surface area (Å²) in [4.78, 5) is 18.0. The third-order valence-corrected chi connectivity index (χ3v) is 3.79. The Labute approximate surface area is 111 Å². The van der Waals surface area contributed by atoms with Crippen LogP contribution < -0.4 is 5.73 Å². The summed E-state index contributed by atoms with van der Waals surface area (Å²) < 4.78 is 0. The maximum atomic E-state index is 12.2. The van der Waals surface area contributed by atoms with Gasteiger partial charge < -0.3 is 15.8 Å². The van der Waals surface area contributed by atoms with Crippen molar-refractivity contribution in [3.8, 4) is 0 Å². The van der Waals surface area contributed by atoms with Crippen molar-refractivity contribution in [1.29, 1.82) is 0 Å². The van der Waals surface area contributed by atoms with E-state index in [1.807, 2.05) is 6.92 Å². The molecule has 1 aliphatic heterocycles. The van der Waals surface area contributed by atoms with E-state index in [1.54, 1.807) is 29.4 Å². The summed E-state index contributed by atoms with van der Waals surface area (Å²) >= 11 is 0. The zero-order chi connectivity index (χ0) is 13.9. The van der Waals surface area contributed by atoms with Crippen molar-refractivity contribution in [2.45, 2.75) is 19.8 Å². The standard InChI is InChI=1S/C13H18N4O2/c1-13(12(14)16-19)4-7-17(8-5-13)11(18)10-3-2-6-15-9-10/h2-3,6,9,19H,4-5,7-8H2,1H3,(H2,14,16). The third kappa shape index (κ3) is 2.67. The van der Waals surface area contributed by atoms with Crippen LogP contribution in [-0.4, -0.2) is 39.9 Å². The molecule has 0 aromatic carbocycles. The molecule has 0 bridgehead atoms. The van der Waals surface area contributed by atoms with Gasteiger partial charge in [0.1, 0.15) is 5.84 Å². The van der Waals surface area contributed by atoms with Gasteiger partial charge in [-0.15, -0.1) is 0 Å². The molecule has 2 rings (SSSR count). The first-order valence-electron chi connectivity index (χ1n) is 6.24. The van der Waals surface area contributed by atoms with Crippen molar-refractivity contribution in [2.75, 3.05) is 13.1 Å². The highest BCUT2D eigenvalue weighted by Crippen LogP contribution is 2.31. The lowest BCUT2D eigenvalue weighted by Gasteiger charge is -2.38. The minimum Gasteiger partial charge on any atom is -0.409 e. The molecular formula is C13H18N4O2. The van der Waals surface area contributed by atoms with Crippen LogP contribution in [0, 0.1) is 5.41 Å². The quantitative estimate of drug-likeness (QED) is 0.361. The number of rotatable bonds is 2. The summed E-state index contributed by atoms with van der Waals surface area (Å²) in [5, 5.41) is 11.9. The van der Waals surface area contributed by atoms with Crippen molar-refractivity contribution in [3.63, 3.8) is 0 Å². The summed E-state index contributed by atoms with van der Waals surface area (Å²) in [6.07, 6.45) is 4.59. The SMILES string of the molecule is CC1(/C(N)=N/O)CCN(C(=O)c2cccnc2)CC1. The molecule has 1 aromatic rings. The maximum absolute atomic E-state index is 12.2. The predicted octanol–water partition coefficient (Wildman–Crippen LogP) is 1.07. The van der Waals surface area contributed by atoms with E-state index in [0.717, 1.165) is 0 Å². The monoisotopic (exact) mass is 262 g/mol. The van der Waals surface area contributed by atoms with Gasteiger partial charge in [0.2, 0.25) is 0 Å². The Morgan fingerprint density at radius 3 is 2.74 bits per heavy atom. The molecule has 1 fully saturated rings. The van der Waals surface area contributed by atoms with Crippen molar-refractivity contribution < 1.29 is 10.0 Å². The van der Waals surface area contributed by atoms with Crippen molar-refractivity contribution in [1.82, 2.24) is 9.88 Å². The van der Waals surface area contributed by atoms with Crippen molar-refractivity contribution in [2.24, 2.45) is 16.3 Å². The Morgan fingerprint density at radius 1 is 1.53 bits per heavy atom. The van der Waals surface area contributed by atoms with E-state index in [0.29, 0.717) is 31.5 Å². The summed E-state index contributed by atoms with van der Waals surface area (Å²) in [7, 11) is 0. The Hall–Kier alpha value is -2.11. The fourth-order valence-corrected chi connectivity index (χ4v) is 2.25. The first kappa shape index (κ1) is 13.3. The van der Waals surface area contributed by atoms with Gasteiger partial charge in [-0.05, 0) is 25.0 Å². The van der Waals surface area contributed by atoms with E-state index in [-0.39, 0.29) is 17.2 Å². The average Bonchev–Trinajstić information content (AvgIpc) is 2.47. The molecule has 0 spiro atoms. The second kappa shape index (κ2) is 5.26. The van der Waals surface area contributed by atoms with Crippen LogP contribution in [0.4, 0.5) is 0 Å². The highest BCUT2D eigenvalue weighted by molar-refractivity contribution is 5.94. The number of amidine groups is 1. The first-order chi connectivity index (χ1) is 9.07. The highest BCUT2D eigenvalue weighted by Gasteiger charge is 2.35. The molecule has 0 radical (unpaired) electrons. The fraction of sp³-hybridized carbons (Fsp3) is 0.462. The number of nitrogens with zero attached hydrogens (tertiary/aromatic N) is 3. The number of hydrogen-bond donors (Lipinski definition) is 2. The molecule has 102 valence electrons. The maximum Gasteiger partial charge on any atom is 0.255 e. The van der Waals surface area contributed by atoms with Crippen molar-refractivity contribution >= 4 is 11.7 Å². The molecule has 2 heterocycles. The number of oxime groups is 1. The number of hydrogen-bond acceptors (Lipinski definition) is 4. The Kier molecular flexibility index (Phi) is 3.69. The Morgan fingerprint density at radius 2 is 2.21 bits per heavy atom. The first-order valence-corrected chi connectivity index (χ1v) is 6.24. The number of carbonyl (C=O) groups excluding carboxylic acids is 1. The van der Waals surface area contributed by atoms with E-state index in [2.05, 4.69) is 10.1 Å². The van der Waals surface area contributed by atoms with Gasteiger partial charge in [-0.25, -0.2) is 0 Å². The number of likely N-dealkylation sites (tertiary alicyclic amines) is 1. The molecule has 6 nitrogen and oxygen atoms in total. The van der Waals surface area contributed by atoms with Gasteiger partial charge in [0.05, 0.1) is 5.56 Å². The van der Waals surface area contributed by atoms with E-state index in [1.165, 1.54) is 0 Å². The zero-order valence-corrected chi connectivity index (χ0v) is 10.9. The summed E-state index contributed by atoms with van der Waals surface area (Å²) in [5.41, 5.74) is 5.96. The minimum atomic E-state index is -0.333. The number of carbonyl (C=O) groups is 1. The van der Waals surface area contributed by atoms with E-state index >= 15 is 0 Å². The highest BCUT2D eigenvalue weighted by atomic mass is 16.4.